The Morgan fingerprint density at radius 1 is 1.14 bits per heavy atom. The molecule has 4 rings (SSSR count). The van der Waals surface area contributed by atoms with Crippen LogP contribution in [0.4, 0.5) is 0 Å². The molecule has 0 aliphatic heterocycles. The molecule has 1 N–H and O–H groups in total. The van der Waals surface area contributed by atoms with Gasteiger partial charge in [-0.3, -0.25) is 4.79 Å². The number of furan rings is 1. The summed E-state index contributed by atoms with van der Waals surface area (Å²) in [7, 11) is 0. The van der Waals surface area contributed by atoms with Gasteiger partial charge < -0.3 is 9.73 Å². The van der Waals surface area contributed by atoms with Crippen molar-refractivity contribution in [3.63, 3.8) is 0 Å². The zero-order valence-corrected chi connectivity index (χ0v) is 15.7. The fraction of sp³-hybridized carbons (Fsp3) is 0.100. The van der Waals surface area contributed by atoms with Crippen LogP contribution in [-0.4, -0.2) is 26.1 Å². The number of nitrogens with zero attached hydrogens (tertiary/aromatic N) is 4. The fourth-order valence-electron chi connectivity index (χ4n) is 2.85. The molecule has 140 valence electrons. The number of rotatable bonds is 5. The van der Waals surface area contributed by atoms with Gasteiger partial charge in [0, 0.05) is 10.6 Å². The van der Waals surface area contributed by atoms with E-state index in [1.54, 1.807) is 30.5 Å². The number of aromatic nitrogens is 4. The molecule has 0 fully saturated rings. The molecule has 2 aromatic carbocycles. The summed E-state index contributed by atoms with van der Waals surface area (Å²) in [4.78, 5) is 12.9. The third-order valence-electron chi connectivity index (χ3n) is 4.29. The Morgan fingerprint density at radius 3 is 2.64 bits per heavy atom. The van der Waals surface area contributed by atoms with Crippen molar-refractivity contribution in [1.29, 1.82) is 0 Å². The van der Waals surface area contributed by atoms with Crippen LogP contribution in [0.3, 0.4) is 0 Å². The van der Waals surface area contributed by atoms with Gasteiger partial charge in [0.15, 0.2) is 0 Å². The molecule has 0 saturated heterocycles. The van der Waals surface area contributed by atoms with Crippen molar-refractivity contribution in [2.75, 3.05) is 0 Å². The number of nitrogens with one attached hydrogen (secondary N) is 1. The number of carbonyl (C=O) groups is 1. The van der Waals surface area contributed by atoms with Gasteiger partial charge in [0.05, 0.1) is 18.0 Å². The van der Waals surface area contributed by atoms with Gasteiger partial charge in [-0.1, -0.05) is 23.7 Å². The smallest absolute Gasteiger partial charge is 0.251 e. The van der Waals surface area contributed by atoms with E-state index in [1.165, 1.54) is 11.0 Å². The summed E-state index contributed by atoms with van der Waals surface area (Å²) in [5, 5.41) is 14.9. The van der Waals surface area contributed by atoms with Gasteiger partial charge in [-0.25, -0.2) is 4.68 Å². The predicted molar refractivity (Wildman–Crippen MR) is 104 cm³/mol. The molecule has 7 nitrogen and oxygen atoms in total. The molecule has 0 spiro atoms. The summed E-state index contributed by atoms with van der Waals surface area (Å²) < 4.78 is 6.87. The minimum absolute atomic E-state index is 0.228. The van der Waals surface area contributed by atoms with E-state index in [-0.39, 0.29) is 11.9 Å². The quantitative estimate of drug-likeness (QED) is 0.552. The van der Waals surface area contributed by atoms with Crippen LogP contribution in [0, 0.1) is 0 Å². The standard InChI is InChI=1S/C20H16ClN5O2/c1-13(19-3-2-8-28-19)23-20(27)16-9-15(14-4-6-17(21)7-5-14)10-18(11-16)26-12-22-24-25-26/h2-13H,1H3,(H,23,27). The van der Waals surface area contributed by atoms with Gasteiger partial charge in [-0.2, -0.15) is 0 Å². The van der Waals surface area contributed by atoms with E-state index in [4.69, 9.17) is 16.0 Å². The lowest BCUT2D eigenvalue weighted by molar-refractivity contribution is 0.0935. The summed E-state index contributed by atoms with van der Waals surface area (Å²) in [6, 6.07) is 16.2. The molecule has 0 radical (unpaired) electrons. The van der Waals surface area contributed by atoms with E-state index < -0.39 is 0 Å². The Bertz CT molecular complexity index is 1080. The van der Waals surface area contributed by atoms with Crippen molar-refractivity contribution in [2.24, 2.45) is 0 Å². The molecule has 0 saturated carbocycles. The van der Waals surface area contributed by atoms with Crippen molar-refractivity contribution >= 4 is 17.5 Å². The highest BCUT2D eigenvalue weighted by Crippen LogP contribution is 2.26. The van der Waals surface area contributed by atoms with E-state index in [2.05, 4.69) is 20.8 Å². The molecule has 4 aromatic rings. The number of hydrogen-bond acceptors (Lipinski definition) is 5. The van der Waals surface area contributed by atoms with Crippen LogP contribution in [0.1, 0.15) is 29.1 Å². The highest BCUT2D eigenvalue weighted by molar-refractivity contribution is 6.30. The van der Waals surface area contributed by atoms with E-state index in [0.717, 1.165) is 11.1 Å². The van der Waals surface area contributed by atoms with Crippen LogP contribution < -0.4 is 5.32 Å². The molecule has 8 heteroatoms. The minimum atomic E-state index is -0.266. The zero-order chi connectivity index (χ0) is 19.5. The number of amides is 1. The molecule has 2 aromatic heterocycles. The maximum absolute atomic E-state index is 12.9. The molecule has 0 bridgehead atoms. The topological polar surface area (TPSA) is 85.8 Å². The van der Waals surface area contributed by atoms with Gasteiger partial charge in [0.1, 0.15) is 12.1 Å². The third-order valence-corrected chi connectivity index (χ3v) is 4.54. The average Bonchev–Trinajstić information content (AvgIpc) is 3.42. The first-order valence-corrected chi connectivity index (χ1v) is 8.96. The van der Waals surface area contributed by atoms with Crippen LogP contribution in [0.2, 0.25) is 5.02 Å². The van der Waals surface area contributed by atoms with E-state index in [1.807, 2.05) is 37.3 Å². The summed E-state index contributed by atoms with van der Waals surface area (Å²) >= 11 is 6.00. The molecule has 0 aliphatic carbocycles. The first-order chi connectivity index (χ1) is 13.6. The molecule has 2 heterocycles. The molecular weight excluding hydrogens is 378 g/mol. The maximum Gasteiger partial charge on any atom is 0.251 e. The van der Waals surface area contributed by atoms with Crippen molar-refractivity contribution in [3.05, 3.63) is 83.5 Å². The summed E-state index contributed by atoms with van der Waals surface area (Å²) in [6.45, 7) is 1.86. The lowest BCUT2D eigenvalue weighted by Gasteiger charge is -2.14. The van der Waals surface area contributed by atoms with Crippen LogP contribution in [-0.2, 0) is 0 Å². The molecule has 1 atom stereocenters. The number of hydrogen-bond donors (Lipinski definition) is 1. The third kappa shape index (κ3) is 3.79. The Labute approximate surface area is 165 Å². The number of benzene rings is 2. The summed E-state index contributed by atoms with van der Waals surface area (Å²) in [6.07, 6.45) is 3.06. The van der Waals surface area contributed by atoms with Crippen molar-refractivity contribution in [3.8, 4) is 16.8 Å². The van der Waals surface area contributed by atoms with Gasteiger partial charge in [-0.15, -0.1) is 5.10 Å². The Kier molecular flexibility index (Phi) is 4.90. The SMILES string of the molecule is CC(NC(=O)c1cc(-c2ccc(Cl)cc2)cc(-n2cnnn2)c1)c1ccco1. The van der Waals surface area contributed by atoms with E-state index in [9.17, 15) is 4.79 Å². The van der Waals surface area contributed by atoms with Crippen molar-refractivity contribution in [1.82, 2.24) is 25.5 Å². The summed E-state index contributed by atoms with van der Waals surface area (Å²) in [5.41, 5.74) is 2.93. The van der Waals surface area contributed by atoms with Crippen LogP contribution >= 0.6 is 11.6 Å². The zero-order valence-electron chi connectivity index (χ0n) is 14.9. The predicted octanol–water partition coefficient (Wildman–Crippen LogP) is 4.07. The Hall–Kier alpha value is -3.45. The van der Waals surface area contributed by atoms with Crippen molar-refractivity contribution in [2.45, 2.75) is 13.0 Å². The Morgan fingerprint density at radius 2 is 1.96 bits per heavy atom. The normalized spacial score (nSPS) is 11.9. The fourth-order valence-corrected chi connectivity index (χ4v) is 2.98. The molecule has 1 unspecified atom stereocenters. The lowest BCUT2D eigenvalue weighted by atomic mass is 10.0. The maximum atomic E-state index is 12.9. The molecule has 28 heavy (non-hydrogen) atoms. The Balaban J connectivity index is 1.71. The second kappa shape index (κ2) is 7.66. The van der Waals surface area contributed by atoms with E-state index in [0.29, 0.717) is 22.0 Å². The number of carbonyl (C=O) groups excluding carboxylic acids is 1. The van der Waals surface area contributed by atoms with Gasteiger partial charge in [0.2, 0.25) is 0 Å². The first kappa shape index (κ1) is 17.9. The first-order valence-electron chi connectivity index (χ1n) is 8.59. The van der Waals surface area contributed by atoms with E-state index >= 15 is 0 Å². The van der Waals surface area contributed by atoms with Gasteiger partial charge in [-0.05, 0) is 70.9 Å². The van der Waals surface area contributed by atoms with Crippen LogP contribution in [0.15, 0.2) is 71.6 Å². The molecular formula is C20H16ClN5O2. The largest absolute Gasteiger partial charge is 0.467 e. The number of halogens is 1. The van der Waals surface area contributed by atoms with Gasteiger partial charge >= 0.3 is 0 Å². The van der Waals surface area contributed by atoms with Crippen LogP contribution in [0.25, 0.3) is 16.8 Å². The number of tetrazole rings is 1. The second-order valence-corrected chi connectivity index (χ2v) is 6.68. The average molecular weight is 394 g/mol. The lowest BCUT2D eigenvalue weighted by Crippen LogP contribution is -2.26. The highest BCUT2D eigenvalue weighted by Gasteiger charge is 2.16. The molecule has 0 aliphatic rings. The van der Waals surface area contributed by atoms with Crippen molar-refractivity contribution < 1.29 is 9.21 Å². The monoisotopic (exact) mass is 393 g/mol. The van der Waals surface area contributed by atoms with Gasteiger partial charge in [0.25, 0.3) is 5.91 Å². The molecule has 1 amide bonds. The minimum Gasteiger partial charge on any atom is -0.467 e. The second-order valence-electron chi connectivity index (χ2n) is 6.24. The summed E-state index contributed by atoms with van der Waals surface area (Å²) in [5.74, 6) is 0.456. The highest BCUT2D eigenvalue weighted by atomic mass is 35.5. The van der Waals surface area contributed by atoms with Crippen LogP contribution in [0.5, 0.6) is 0 Å².